The predicted octanol–water partition coefficient (Wildman–Crippen LogP) is 15.9. The van der Waals surface area contributed by atoms with Crippen LogP contribution in [0.4, 0.5) is 17.2 Å². The van der Waals surface area contributed by atoms with Crippen LogP contribution in [0.1, 0.15) is 79.4 Å². The molecule has 0 radical (unpaired) electrons. The first kappa shape index (κ1) is 44.8. The van der Waals surface area contributed by atoms with Crippen molar-refractivity contribution in [3.8, 4) is 0 Å². The fourth-order valence-electron chi connectivity index (χ4n) is 8.94. The summed E-state index contributed by atoms with van der Waals surface area (Å²) in [5.74, 6) is 2.78. The Morgan fingerprint density at radius 1 is 0.921 bits per heavy atom. The van der Waals surface area contributed by atoms with Crippen molar-refractivity contribution < 1.29 is 0 Å². The van der Waals surface area contributed by atoms with Gasteiger partial charge in [0.25, 0.3) is 0 Å². The van der Waals surface area contributed by atoms with Crippen LogP contribution in [0.5, 0.6) is 0 Å². The summed E-state index contributed by atoms with van der Waals surface area (Å²) in [6.07, 6.45) is 25.2. The molecule has 324 valence electrons. The molecule has 0 amide bonds. The molecule has 7 aromatic rings. The van der Waals surface area contributed by atoms with E-state index in [0.29, 0.717) is 6.04 Å². The van der Waals surface area contributed by atoms with Gasteiger partial charge >= 0.3 is 0 Å². The minimum atomic E-state index is 0.198. The van der Waals surface area contributed by atoms with Gasteiger partial charge in [0.15, 0.2) is 0 Å². The molecule has 0 bridgehead atoms. The number of hydrogen-bond acceptors (Lipinski definition) is 5. The van der Waals surface area contributed by atoms with E-state index in [1.165, 1.54) is 59.5 Å². The lowest BCUT2D eigenvalue weighted by Gasteiger charge is -2.38. The van der Waals surface area contributed by atoms with Crippen molar-refractivity contribution in [3.05, 3.63) is 170 Å². The highest BCUT2D eigenvalue weighted by molar-refractivity contribution is 7.26. The highest BCUT2D eigenvalue weighted by Gasteiger charge is 2.34. The van der Waals surface area contributed by atoms with Gasteiger partial charge in [-0.2, -0.15) is 0 Å². The summed E-state index contributed by atoms with van der Waals surface area (Å²) in [5, 5.41) is 10.5. The second kappa shape index (κ2) is 19.4. The van der Waals surface area contributed by atoms with Crippen LogP contribution in [-0.4, -0.2) is 23.5 Å². The third-order valence-electron chi connectivity index (χ3n) is 12.8. The molecule has 0 saturated carbocycles. The van der Waals surface area contributed by atoms with E-state index in [4.69, 9.17) is 5.73 Å². The highest BCUT2D eigenvalue weighted by Crippen LogP contribution is 2.52. The van der Waals surface area contributed by atoms with Gasteiger partial charge in [0, 0.05) is 66.9 Å². The number of aromatic nitrogens is 1. The van der Waals surface area contributed by atoms with Crippen LogP contribution in [-0.2, 0) is 0 Å². The molecule has 0 spiro atoms. The Bertz CT molecular complexity index is 2960. The number of likely N-dealkylation sites (N-methyl/N-ethyl adjacent to an activating group) is 1. The number of thiophene rings is 1. The largest absolute Gasteiger partial charge is 0.405 e. The molecule has 0 saturated heterocycles. The fraction of sp³-hybridized carbons (Fsp3) is 0.263. The van der Waals surface area contributed by atoms with Gasteiger partial charge in [-0.05, 0) is 111 Å². The van der Waals surface area contributed by atoms with E-state index in [-0.39, 0.29) is 6.04 Å². The number of nitrogens with zero attached hydrogens (tertiary/aromatic N) is 3. The number of hydrogen-bond donors (Lipinski definition) is 2. The van der Waals surface area contributed by atoms with Gasteiger partial charge in [0.2, 0.25) is 0 Å². The summed E-state index contributed by atoms with van der Waals surface area (Å²) in [6.45, 7) is 25.9. The third-order valence-corrected chi connectivity index (χ3v) is 14.1. The first-order valence-electron chi connectivity index (χ1n) is 22.7. The molecule has 63 heavy (non-hydrogen) atoms. The van der Waals surface area contributed by atoms with E-state index in [1.54, 1.807) is 6.20 Å². The zero-order valence-corrected chi connectivity index (χ0v) is 39.6. The summed E-state index contributed by atoms with van der Waals surface area (Å²) >= 11 is 1.90. The number of allylic oxidation sites excluding steroid dienone is 10. The van der Waals surface area contributed by atoms with E-state index < -0.39 is 0 Å². The SMILES string of the molecule is C=C/C(=C\C=C/C)N1/C=C(c2ccc3c(c2)c2c4sc5ccccc5c4cc4c5c(n3c42)NC(/C=C\C)C(C)N5C)\C=C/C(=C)c2ccccc21.CC.CC(C)C(C)CC/C=C\N. The number of fused-ring (bicyclic) bond motifs is 11. The first-order chi connectivity index (χ1) is 30.6. The summed E-state index contributed by atoms with van der Waals surface area (Å²) < 4.78 is 5.15. The standard InChI is InChI=1S/C46H40N4S.C9H19N.C2H6/c1-7-10-16-32(9-3)49-27-31(22-21-28(4)33-17-11-13-19-39(33)49)30-23-24-40-36(25-30)42-43-37(26-35-34-18-12-14-20-41(34)51-45(35)42)44-46(50(40)43)47-38(15-8-2)29(5)48(44)6;1-8(2)9(3)6-4-5-7-10;1-2/h7-27,29,38,47H,3-4H2,1-2,5-6H3;5,7-9H,4,6,10H2,1-3H3;1-2H3/b10-7-,15-8-,22-21-,31-27+,32-16+;7-5-;. The Labute approximate surface area is 379 Å². The maximum Gasteiger partial charge on any atom is 0.136 e. The van der Waals surface area contributed by atoms with Crippen molar-refractivity contribution in [2.45, 2.75) is 80.3 Å². The molecular formula is C57H65N5S. The minimum Gasteiger partial charge on any atom is -0.405 e. The molecule has 0 aliphatic carbocycles. The molecular weight excluding hydrogens is 787 g/mol. The predicted molar refractivity (Wildman–Crippen MR) is 283 cm³/mol. The summed E-state index contributed by atoms with van der Waals surface area (Å²) in [5.41, 5.74) is 15.3. The van der Waals surface area contributed by atoms with Gasteiger partial charge in [-0.1, -0.05) is 133 Å². The summed E-state index contributed by atoms with van der Waals surface area (Å²) in [6, 6.07) is 27.2. The first-order valence-corrected chi connectivity index (χ1v) is 23.5. The Morgan fingerprint density at radius 3 is 2.41 bits per heavy atom. The molecule has 2 aliphatic heterocycles. The van der Waals surface area contributed by atoms with Gasteiger partial charge in [-0.15, -0.1) is 11.3 Å². The quantitative estimate of drug-likeness (QED) is 0.112. The number of rotatable bonds is 9. The molecule has 4 aromatic carbocycles. The van der Waals surface area contributed by atoms with E-state index in [9.17, 15) is 0 Å². The van der Waals surface area contributed by atoms with Crippen LogP contribution < -0.4 is 20.9 Å². The van der Waals surface area contributed by atoms with Crippen molar-refractivity contribution in [3.63, 3.8) is 0 Å². The van der Waals surface area contributed by atoms with Crippen LogP contribution in [0, 0.1) is 11.8 Å². The van der Waals surface area contributed by atoms with E-state index in [1.807, 2.05) is 50.3 Å². The van der Waals surface area contributed by atoms with Gasteiger partial charge in [-0.25, -0.2) is 0 Å². The maximum atomic E-state index is 5.21. The van der Waals surface area contributed by atoms with E-state index in [2.05, 4.69) is 190 Å². The summed E-state index contributed by atoms with van der Waals surface area (Å²) in [7, 11) is 2.25. The van der Waals surface area contributed by atoms with Crippen LogP contribution in [0.3, 0.4) is 0 Å². The number of para-hydroxylation sites is 1. The molecule has 0 fully saturated rings. The summed E-state index contributed by atoms with van der Waals surface area (Å²) in [4.78, 5) is 4.72. The highest BCUT2D eigenvalue weighted by atomic mass is 32.1. The topological polar surface area (TPSA) is 48.9 Å². The second-order valence-electron chi connectivity index (χ2n) is 16.8. The van der Waals surface area contributed by atoms with Crippen molar-refractivity contribution in [1.29, 1.82) is 0 Å². The smallest absolute Gasteiger partial charge is 0.136 e. The molecule has 3 atom stereocenters. The van der Waals surface area contributed by atoms with Crippen molar-refractivity contribution >= 4 is 87.0 Å². The number of nitrogens with two attached hydrogens (primary N) is 1. The van der Waals surface area contributed by atoms with Gasteiger partial charge in [0.05, 0.1) is 28.5 Å². The zero-order valence-electron chi connectivity index (χ0n) is 38.7. The van der Waals surface area contributed by atoms with Crippen molar-refractivity contribution in [2.24, 2.45) is 17.6 Å². The van der Waals surface area contributed by atoms with Gasteiger partial charge in [-0.3, -0.25) is 4.40 Å². The zero-order chi connectivity index (χ0) is 44.9. The van der Waals surface area contributed by atoms with Crippen molar-refractivity contribution in [2.75, 3.05) is 22.2 Å². The lowest BCUT2D eigenvalue weighted by Crippen LogP contribution is -2.46. The average molecular weight is 852 g/mol. The Balaban J connectivity index is 0.000000440. The molecule has 2 aliphatic rings. The van der Waals surface area contributed by atoms with Crippen molar-refractivity contribution in [1.82, 2.24) is 4.40 Å². The molecule has 3 N–H and O–H groups in total. The van der Waals surface area contributed by atoms with Gasteiger partial charge < -0.3 is 20.9 Å². The van der Waals surface area contributed by atoms with Crippen LogP contribution in [0.2, 0.25) is 0 Å². The monoisotopic (exact) mass is 851 g/mol. The number of anilines is 3. The molecule has 3 unspecified atom stereocenters. The molecule has 5 heterocycles. The van der Waals surface area contributed by atoms with Crippen LogP contribution in [0.25, 0.3) is 58.5 Å². The number of benzene rings is 4. The Morgan fingerprint density at radius 2 is 1.68 bits per heavy atom. The lowest BCUT2D eigenvalue weighted by atomic mass is 9.93. The molecule has 9 rings (SSSR count). The van der Waals surface area contributed by atoms with E-state index in [0.717, 1.165) is 57.7 Å². The second-order valence-corrected chi connectivity index (χ2v) is 17.9. The molecule has 6 heteroatoms. The molecule has 3 aromatic heterocycles. The Hall–Kier alpha value is -6.24. The number of nitrogens with one attached hydrogen (secondary N) is 1. The third kappa shape index (κ3) is 8.25. The average Bonchev–Trinajstić information content (AvgIpc) is 3.95. The fourth-order valence-corrected chi connectivity index (χ4v) is 10.2. The lowest BCUT2D eigenvalue weighted by molar-refractivity contribution is 0.395. The van der Waals surface area contributed by atoms with Gasteiger partial charge in [0.1, 0.15) is 5.82 Å². The molecule has 5 nitrogen and oxygen atoms in total. The Kier molecular flexibility index (Phi) is 13.8. The maximum absolute atomic E-state index is 5.21. The van der Waals surface area contributed by atoms with Crippen LogP contribution in [0.15, 0.2) is 159 Å². The van der Waals surface area contributed by atoms with E-state index >= 15 is 0 Å². The normalized spacial score (nSPS) is 18.7. The minimum absolute atomic E-state index is 0.198. The van der Waals surface area contributed by atoms with Crippen LogP contribution >= 0.6 is 11.3 Å².